The van der Waals surface area contributed by atoms with Crippen LogP contribution in [-0.2, 0) is 37.5 Å². The molecule has 0 aromatic heterocycles. The van der Waals surface area contributed by atoms with Crippen molar-refractivity contribution in [2.45, 2.75) is 167 Å². The standard InChI is InChI=1S/C42H72NO10P/c1-3-5-7-9-11-13-15-17-19-21-23-25-27-29-31-33-40(44)50-35-38(36-51-54(48,49)52-37-39(43)42(46)47)53-41(45)34-32-30-28-26-24-22-20-18-16-14-12-10-8-6-4-2/h5,7,11-14,17-20,38-39H,3-4,6,8-10,15-16,21-37,43H2,1-2H3,(H,46,47)(H,48,49)/b7-5+,13-11+,14-12+,19-17+,20-18+/t38-,39+/m1/s1. The van der Waals surface area contributed by atoms with E-state index in [-0.39, 0.29) is 19.4 Å². The lowest BCUT2D eigenvalue weighted by Gasteiger charge is -2.20. The van der Waals surface area contributed by atoms with Gasteiger partial charge in [-0.2, -0.15) is 0 Å². The van der Waals surface area contributed by atoms with Gasteiger partial charge in [0.15, 0.2) is 6.10 Å². The Morgan fingerprint density at radius 3 is 1.56 bits per heavy atom. The van der Waals surface area contributed by atoms with Gasteiger partial charge in [-0.15, -0.1) is 0 Å². The highest BCUT2D eigenvalue weighted by atomic mass is 31.2. The van der Waals surface area contributed by atoms with Crippen molar-refractivity contribution in [3.63, 3.8) is 0 Å². The first-order valence-corrected chi connectivity index (χ1v) is 21.8. The number of carboxylic acids is 1. The number of carbonyl (C=O) groups is 3. The van der Waals surface area contributed by atoms with E-state index < -0.39 is 51.1 Å². The van der Waals surface area contributed by atoms with E-state index in [4.69, 9.17) is 24.8 Å². The second-order valence-corrected chi connectivity index (χ2v) is 14.8. The largest absolute Gasteiger partial charge is 0.480 e. The minimum atomic E-state index is -4.72. The van der Waals surface area contributed by atoms with Crippen molar-refractivity contribution >= 4 is 25.7 Å². The molecule has 3 atom stereocenters. The maximum Gasteiger partial charge on any atom is 0.472 e. The second kappa shape index (κ2) is 37.1. The Hall–Kier alpha value is -2.82. The molecular formula is C42H72NO10P. The molecule has 310 valence electrons. The van der Waals surface area contributed by atoms with Crippen molar-refractivity contribution in [2.75, 3.05) is 19.8 Å². The summed E-state index contributed by atoms with van der Waals surface area (Å²) in [5, 5.41) is 8.87. The first-order chi connectivity index (χ1) is 26.1. The van der Waals surface area contributed by atoms with Gasteiger partial charge in [-0.25, -0.2) is 4.57 Å². The number of aliphatic carboxylic acids is 1. The zero-order valence-corrected chi connectivity index (χ0v) is 34.2. The fourth-order valence-electron chi connectivity index (χ4n) is 5.05. The number of rotatable bonds is 37. The lowest BCUT2D eigenvalue weighted by atomic mass is 10.1. The molecule has 0 aliphatic heterocycles. The lowest BCUT2D eigenvalue weighted by Crippen LogP contribution is -2.34. The van der Waals surface area contributed by atoms with Gasteiger partial charge in [-0.1, -0.05) is 126 Å². The predicted molar refractivity (Wildman–Crippen MR) is 217 cm³/mol. The van der Waals surface area contributed by atoms with E-state index in [1.54, 1.807) is 0 Å². The Labute approximate surface area is 326 Å². The Morgan fingerprint density at radius 1 is 0.593 bits per heavy atom. The monoisotopic (exact) mass is 781 g/mol. The number of carbonyl (C=O) groups excluding carboxylic acids is 2. The molecule has 0 aromatic rings. The van der Waals surface area contributed by atoms with Crippen molar-refractivity contribution in [1.29, 1.82) is 0 Å². The summed E-state index contributed by atoms with van der Waals surface area (Å²) >= 11 is 0. The van der Waals surface area contributed by atoms with Crippen molar-refractivity contribution in [3.8, 4) is 0 Å². The molecule has 0 rings (SSSR count). The van der Waals surface area contributed by atoms with E-state index in [9.17, 15) is 23.8 Å². The highest BCUT2D eigenvalue weighted by molar-refractivity contribution is 7.47. The number of hydrogen-bond donors (Lipinski definition) is 3. The van der Waals surface area contributed by atoms with Crippen LogP contribution in [0.15, 0.2) is 60.8 Å². The molecule has 54 heavy (non-hydrogen) atoms. The fraction of sp³-hybridized carbons (Fsp3) is 0.690. The fourth-order valence-corrected chi connectivity index (χ4v) is 5.83. The molecule has 12 heteroatoms. The zero-order valence-electron chi connectivity index (χ0n) is 33.3. The first kappa shape index (κ1) is 51.2. The summed E-state index contributed by atoms with van der Waals surface area (Å²) in [4.78, 5) is 45.9. The zero-order chi connectivity index (χ0) is 40.0. The minimum Gasteiger partial charge on any atom is -0.480 e. The highest BCUT2D eigenvalue weighted by Crippen LogP contribution is 2.43. The molecule has 0 aromatic carbocycles. The normalized spacial score (nSPS) is 14.4. The van der Waals surface area contributed by atoms with Crippen LogP contribution in [0.5, 0.6) is 0 Å². The van der Waals surface area contributed by atoms with Gasteiger partial charge in [-0.05, 0) is 77.0 Å². The Kier molecular flexibility index (Phi) is 35.2. The third kappa shape index (κ3) is 36.2. The van der Waals surface area contributed by atoms with E-state index in [0.29, 0.717) is 12.8 Å². The number of unbranched alkanes of at least 4 members (excludes halogenated alkanes) is 13. The van der Waals surface area contributed by atoms with Crippen LogP contribution in [0.2, 0.25) is 0 Å². The Bertz CT molecular complexity index is 1150. The molecule has 0 heterocycles. The number of allylic oxidation sites excluding steroid dienone is 10. The summed E-state index contributed by atoms with van der Waals surface area (Å²) < 4.78 is 32.6. The van der Waals surface area contributed by atoms with E-state index in [1.807, 2.05) is 0 Å². The van der Waals surface area contributed by atoms with Gasteiger partial charge in [0.1, 0.15) is 12.6 Å². The smallest absolute Gasteiger partial charge is 0.472 e. The summed E-state index contributed by atoms with van der Waals surface area (Å²) in [5.74, 6) is -2.43. The van der Waals surface area contributed by atoms with E-state index in [2.05, 4.69) is 79.1 Å². The molecule has 0 amide bonds. The molecule has 0 aliphatic rings. The van der Waals surface area contributed by atoms with Crippen LogP contribution in [-0.4, -0.2) is 59.9 Å². The van der Waals surface area contributed by atoms with Crippen LogP contribution in [0.4, 0.5) is 0 Å². The molecule has 0 fully saturated rings. The molecule has 1 unspecified atom stereocenters. The summed E-state index contributed by atoms with van der Waals surface area (Å²) in [7, 11) is -4.72. The van der Waals surface area contributed by atoms with Crippen LogP contribution in [0.25, 0.3) is 0 Å². The third-order valence-electron chi connectivity index (χ3n) is 8.25. The van der Waals surface area contributed by atoms with Crippen molar-refractivity contribution in [2.24, 2.45) is 5.73 Å². The summed E-state index contributed by atoms with van der Waals surface area (Å²) in [6.07, 6.45) is 41.4. The molecule has 11 nitrogen and oxygen atoms in total. The van der Waals surface area contributed by atoms with Crippen LogP contribution in [0.3, 0.4) is 0 Å². The molecule has 0 bridgehead atoms. The van der Waals surface area contributed by atoms with E-state index >= 15 is 0 Å². The van der Waals surface area contributed by atoms with Gasteiger partial charge >= 0.3 is 25.7 Å². The topological polar surface area (TPSA) is 172 Å². The maximum atomic E-state index is 12.6. The van der Waals surface area contributed by atoms with E-state index in [0.717, 1.165) is 96.3 Å². The number of phosphoric ester groups is 1. The lowest BCUT2D eigenvalue weighted by molar-refractivity contribution is -0.161. The molecule has 0 spiro atoms. The third-order valence-corrected chi connectivity index (χ3v) is 9.20. The van der Waals surface area contributed by atoms with Crippen LogP contribution in [0, 0.1) is 0 Å². The van der Waals surface area contributed by atoms with Gasteiger partial charge in [0.05, 0.1) is 13.2 Å². The summed E-state index contributed by atoms with van der Waals surface area (Å²) in [6, 6.07) is -1.53. The molecule has 0 aliphatic carbocycles. The van der Waals surface area contributed by atoms with Crippen LogP contribution >= 0.6 is 7.82 Å². The van der Waals surface area contributed by atoms with Crippen molar-refractivity contribution < 1.29 is 47.5 Å². The van der Waals surface area contributed by atoms with Crippen LogP contribution in [0.1, 0.15) is 155 Å². The average Bonchev–Trinajstić information content (AvgIpc) is 3.14. The molecule has 0 saturated carbocycles. The molecular weight excluding hydrogens is 709 g/mol. The number of carboxylic acid groups (broad SMARTS) is 1. The van der Waals surface area contributed by atoms with Crippen LogP contribution < -0.4 is 5.73 Å². The summed E-state index contributed by atoms with van der Waals surface area (Å²) in [6.45, 7) is 2.61. The Morgan fingerprint density at radius 2 is 1.04 bits per heavy atom. The highest BCUT2D eigenvalue weighted by Gasteiger charge is 2.28. The Balaban J connectivity index is 4.47. The van der Waals surface area contributed by atoms with Gasteiger partial charge in [0.2, 0.25) is 0 Å². The maximum absolute atomic E-state index is 12.6. The second-order valence-electron chi connectivity index (χ2n) is 13.4. The van der Waals surface area contributed by atoms with Gasteiger partial charge < -0.3 is 25.2 Å². The molecule has 0 saturated heterocycles. The van der Waals surface area contributed by atoms with Crippen molar-refractivity contribution in [1.82, 2.24) is 0 Å². The molecule has 4 N–H and O–H groups in total. The SMILES string of the molecule is CC/C=C/C/C=C/C/C=C/CCCCCCCC(=O)OC[C@H](COP(=O)(O)OC[C@H](N)C(=O)O)OC(=O)CCCCCCC/C=C/C/C=C/CCCCC. The summed E-state index contributed by atoms with van der Waals surface area (Å²) in [5.41, 5.74) is 5.32. The number of nitrogens with two attached hydrogens (primary N) is 1. The minimum absolute atomic E-state index is 0.138. The average molecular weight is 782 g/mol. The molecule has 0 radical (unpaired) electrons. The van der Waals surface area contributed by atoms with E-state index in [1.165, 1.54) is 19.3 Å². The number of esters is 2. The predicted octanol–water partition coefficient (Wildman–Crippen LogP) is 10.4. The van der Waals surface area contributed by atoms with Crippen molar-refractivity contribution in [3.05, 3.63) is 60.8 Å². The number of phosphoric acid groups is 1. The van der Waals surface area contributed by atoms with Gasteiger partial charge in [0, 0.05) is 12.8 Å². The van der Waals surface area contributed by atoms with Gasteiger partial charge in [0.25, 0.3) is 0 Å². The van der Waals surface area contributed by atoms with Gasteiger partial charge in [-0.3, -0.25) is 23.4 Å². The number of hydrogen-bond acceptors (Lipinski definition) is 9. The first-order valence-electron chi connectivity index (χ1n) is 20.3. The number of ether oxygens (including phenoxy) is 2. The quantitative estimate of drug-likeness (QED) is 0.0237.